The van der Waals surface area contributed by atoms with Crippen molar-refractivity contribution in [3.8, 4) is 5.75 Å². The van der Waals surface area contributed by atoms with Gasteiger partial charge in [-0.3, -0.25) is 9.69 Å². The van der Waals surface area contributed by atoms with Gasteiger partial charge in [0.15, 0.2) is 5.78 Å². The van der Waals surface area contributed by atoms with Gasteiger partial charge in [0.2, 0.25) is 0 Å². The fourth-order valence-electron chi connectivity index (χ4n) is 2.81. The van der Waals surface area contributed by atoms with Crippen LogP contribution in [0.3, 0.4) is 0 Å². The van der Waals surface area contributed by atoms with E-state index in [-0.39, 0.29) is 11.3 Å². The molecule has 1 saturated heterocycles. The number of benzene rings is 1. The van der Waals surface area contributed by atoms with Crippen LogP contribution in [0.5, 0.6) is 5.75 Å². The molecule has 2 fully saturated rings. The minimum atomic E-state index is -0.252. The predicted octanol–water partition coefficient (Wildman–Crippen LogP) is 1.74. The maximum absolute atomic E-state index is 12.7. The third kappa shape index (κ3) is 2.26. The van der Waals surface area contributed by atoms with Crippen LogP contribution < -0.4 is 4.74 Å². The van der Waals surface area contributed by atoms with Crippen LogP contribution in [0, 0.1) is 0 Å². The summed E-state index contributed by atoms with van der Waals surface area (Å²) in [7, 11) is 1.63. The summed E-state index contributed by atoms with van der Waals surface area (Å²) in [5.41, 5.74) is 0.531. The first-order chi connectivity index (χ1) is 9.26. The molecule has 3 rings (SSSR count). The summed E-state index contributed by atoms with van der Waals surface area (Å²) < 4.78 is 10.5. The zero-order valence-electron chi connectivity index (χ0n) is 11.2. The molecule has 0 spiro atoms. The topological polar surface area (TPSA) is 38.8 Å². The molecular weight excluding hydrogens is 242 g/mol. The first-order valence-electron chi connectivity index (χ1n) is 6.78. The second-order valence-electron chi connectivity index (χ2n) is 5.19. The number of carbonyl (C=O) groups is 1. The van der Waals surface area contributed by atoms with Crippen LogP contribution in [-0.4, -0.2) is 49.6 Å². The van der Waals surface area contributed by atoms with E-state index in [1.807, 2.05) is 24.3 Å². The van der Waals surface area contributed by atoms with Gasteiger partial charge in [-0.15, -0.1) is 0 Å². The molecule has 0 radical (unpaired) electrons. The molecule has 1 saturated carbocycles. The maximum atomic E-state index is 12.7. The van der Waals surface area contributed by atoms with E-state index in [0.717, 1.165) is 50.5 Å². The Labute approximate surface area is 113 Å². The second-order valence-corrected chi connectivity index (χ2v) is 5.19. The summed E-state index contributed by atoms with van der Waals surface area (Å²) in [6.07, 6.45) is 1.94. The van der Waals surface area contributed by atoms with E-state index in [2.05, 4.69) is 4.90 Å². The van der Waals surface area contributed by atoms with E-state index in [1.165, 1.54) is 0 Å². The van der Waals surface area contributed by atoms with Gasteiger partial charge in [0, 0.05) is 18.7 Å². The zero-order chi connectivity index (χ0) is 13.3. The minimum absolute atomic E-state index is 0.247. The normalized spacial score (nSPS) is 21.9. The first-order valence-corrected chi connectivity index (χ1v) is 6.78. The van der Waals surface area contributed by atoms with Crippen LogP contribution >= 0.6 is 0 Å². The van der Waals surface area contributed by atoms with E-state index in [4.69, 9.17) is 9.47 Å². The Morgan fingerprint density at radius 1 is 1.21 bits per heavy atom. The van der Waals surface area contributed by atoms with Crippen LogP contribution in [0.15, 0.2) is 24.3 Å². The Balaban J connectivity index is 1.78. The molecule has 0 amide bonds. The van der Waals surface area contributed by atoms with Gasteiger partial charge in [-0.2, -0.15) is 0 Å². The van der Waals surface area contributed by atoms with Crippen LogP contribution in [0.2, 0.25) is 0 Å². The SMILES string of the molecule is COc1ccc(C(=O)C2(N3CCOCC3)CC2)cc1. The third-order valence-electron chi connectivity index (χ3n) is 4.11. The average Bonchev–Trinajstić information content (AvgIpc) is 3.29. The lowest BCUT2D eigenvalue weighted by atomic mass is 10.00. The summed E-state index contributed by atoms with van der Waals surface area (Å²) in [6, 6.07) is 7.43. The Hall–Kier alpha value is -1.39. The van der Waals surface area contributed by atoms with Gasteiger partial charge in [-0.05, 0) is 37.1 Å². The fourth-order valence-corrected chi connectivity index (χ4v) is 2.81. The van der Waals surface area contributed by atoms with E-state index in [1.54, 1.807) is 7.11 Å². The molecular formula is C15H19NO3. The van der Waals surface area contributed by atoms with Crippen molar-refractivity contribution in [3.05, 3.63) is 29.8 Å². The molecule has 0 bridgehead atoms. The van der Waals surface area contributed by atoms with Crippen LogP contribution in [0.4, 0.5) is 0 Å². The number of hydrogen-bond acceptors (Lipinski definition) is 4. The highest BCUT2D eigenvalue weighted by atomic mass is 16.5. The molecule has 1 aromatic carbocycles. The second kappa shape index (κ2) is 4.94. The van der Waals surface area contributed by atoms with Crippen molar-refractivity contribution in [3.63, 3.8) is 0 Å². The van der Waals surface area contributed by atoms with E-state index < -0.39 is 0 Å². The first kappa shape index (κ1) is 12.6. The number of nitrogens with zero attached hydrogens (tertiary/aromatic N) is 1. The van der Waals surface area contributed by atoms with Gasteiger partial charge in [-0.1, -0.05) is 0 Å². The molecule has 0 N–H and O–H groups in total. The lowest BCUT2D eigenvalue weighted by Crippen LogP contribution is -2.49. The summed E-state index contributed by atoms with van der Waals surface area (Å²) in [4.78, 5) is 15.0. The predicted molar refractivity (Wildman–Crippen MR) is 71.7 cm³/mol. The average molecular weight is 261 g/mol. The van der Waals surface area contributed by atoms with Gasteiger partial charge in [0.1, 0.15) is 5.75 Å². The number of ether oxygens (including phenoxy) is 2. The fraction of sp³-hybridized carbons (Fsp3) is 0.533. The Bertz CT molecular complexity index is 459. The van der Waals surface area contributed by atoms with Gasteiger partial charge >= 0.3 is 0 Å². The molecule has 4 heteroatoms. The molecule has 1 aromatic rings. The summed E-state index contributed by atoms with van der Waals surface area (Å²) >= 11 is 0. The molecule has 19 heavy (non-hydrogen) atoms. The highest BCUT2D eigenvalue weighted by molar-refractivity contribution is 6.05. The summed E-state index contributed by atoms with van der Waals surface area (Å²) in [5, 5.41) is 0. The molecule has 0 unspecified atom stereocenters. The molecule has 0 aromatic heterocycles. The van der Waals surface area contributed by atoms with Crippen LogP contribution in [0.25, 0.3) is 0 Å². The largest absolute Gasteiger partial charge is 0.497 e. The van der Waals surface area contributed by atoms with Gasteiger partial charge in [0.05, 0.1) is 25.9 Å². The number of rotatable bonds is 4. The minimum Gasteiger partial charge on any atom is -0.497 e. The molecule has 4 nitrogen and oxygen atoms in total. The molecule has 2 aliphatic rings. The lowest BCUT2D eigenvalue weighted by Gasteiger charge is -2.33. The number of carbonyl (C=O) groups excluding carboxylic acids is 1. The van der Waals surface area contributed by atoms with Gasteiger partial charge < -0.3 is 9.47 Å². The van der Waals surface area contributed by atoms with Crippen LogP contribution in [-0.2, 0) is 4.74 Å². The molecule has 0 atom stereocenters. The quantitative estimate of drug-likeness (QED) is 0.774. The third-order valence-corrected chi connectivity index (χ3v) is 4.11. The lowest BCUT2D eigenvalue weighted by molar-refractivity contribution is 0.0116. The van der Waals surface area contributed by atoms with Crippen molar-refractivity contribution < 1.29 is 14.3 Å². The van der Waals surface area contributed by atoms with E-state index in [0.29, 0.717) is 0 Å². The molecule has 1 heterocycles. The smallest absolute Gasteiger partial charge is 0.183 e. The Morgan fingerprint density at radius 3 is 2.37 bits per heavy atom. The number of ketones is 1. The zero-order valence-corrected chi connectivity index (χ0v) is 11.2. The van der Waals surface area contributed by atoms with Crippen molar-refractivity contribution in [1.29, 1.82) is 0 Å². The molecule has 1 aliphatic heterocycles. The van der Waals surface area contributed by atoms with E-state index >= 15 is 0 Å². The number of hydrogen-bond donors (Lipinski definition) is 0. The highest BCUT2D eigenvalue weighted by Crippen LogP contribution is 2.44. The van der Waals surface area contributed by atoms with Crippen molar-refractivity contribution in [2.24, 2.45) is 0 Å². The van der Waals surface area contributed by atoms with Gasteiger partial charge in [-0.25, -0.2) is 0 Å². The molecule has 1 aliphatic carbocycles. The van der Waals surface area contributed by atoms with Crippen molar-refractivity contribution in [2.45, 2.75) is 18.4 Å². The van der Waals surface area contributed by atoms with Crippen molar-refractivity contribution >= 4 is 5.78 Å². The number of Topliss-reactive ketones (excluding diaryl/α,β-unsaturated/α-hetero) is 1. The standard InChI is InChI=1S/C15H19NO3/c1-18-13-4-2-12(3-5-13)14(17)15(6-7-15)16-8-10-19-11-9-16/h2-5H,6-11H2,1H3. The van der Waals surface area contributed by atoms with Gasteiger partial charge in [0.25, 0.3) is 0 Å². The Morgan fingerprint density at radius 2 is 1.84 bits per heavy atom. The van der Waals surface area contributed by atoms with Crippen molar-refractivity contribution in [1.82, 2.24) is 4.90 Å². The monoisotopic (exact) mass is 261 g/mol. The molecule has 102 valence electrons. The van der Waals surface area contributed by atoms with Crippen molar-refractivity contribution in [2.75, 3.05) is 33.4 Å². The number of methoxy groups -OCH3 is 1. The Kier molecular flexibility index (Phi) is 3.29. The highest BCUT2D eigenvalue weighted by Gasteiger charge is 2.54. The maximum Gasteiger partial charge on any atom is 0.183 e. The van der Waals surface area contributed by atoms with E-state index in [9.17, 15) is 4.79 Å². The number of morpholine rings is 1. The van der Waals surface area contributed by atoms with Crippen LogP contribution in [0.1, 0.15) is 23.2 Å². The summed E-state index contributed by atoms with van der Waals surface area (Å²) in [5.74, 6) is 1.03. The summed E-state index contributed by atoms with van der Waals surface area (Å²) in [6.45, 7) is 3.19.